The van der Waals surface area contributed by atoms with Gasteiger partial charge >= 0.3 is 0 Å². The molecule has 0 aliphatic carbocycles. The fourth-order valence-corrected chi connectivity index (χ4v) is 1.58. The summed E-state index contributed by atoms with van der Waals surface area (Å²) in [7, 11) is 1.45. The van der Waals surface area contributed by atoms with Crippen molar-refractivity contribution in [1.29, 1.82) is 0 Å². The molecule has 114 valence electrons. The van der Waals surface area contributed by atoms with E-state index in [4.69, 9.17) is 9.84 Å². The van der Waals surface area contributed by atoms with E-state index in [9.17, 15) is 4.79 Å². The van der Waals surface area contributed by atoms with E-state index in [1.165, 1.54) is 18.7 Å². The summed E-state index contributed by atoms with van der Waals surface area (Å²) in [6, 6.07) is 12.7. The zero-order chi connectivity index (χ0) is 16.3. The Balaban J connectivity index is 0.000000354. The molecule has 4 heteroatoms. The lowest BCUT2D eigenvalue weighted by Gasteiger charge is -2.01. The molecule has 3 nitrogen and oxygen atoms in total. The van der Waals surface area contributed by atoms with Gasteiger partial charge in [0, 0.05) is 10.0 Å². The lowest BCUT2D eigenvalue weighted by molar-refractivity contribution is 0.112. The van der Waals surface area contributed by atoms with Gasteiger partial charge in [0.2, 0.25) is 0 Å². The number of aryl methyl sites for hydroxylation is 1. The van der Waals surface area contributed by atoms with E-state index in [0.717, 1.165) is 4.47 Å². The first kappa shape index (κ1) is 19.2. The summed E-state index contributed by atoms with van der Waals surface area (Å²) >= 11 is 3.35. The van der Waals surface area contributed by atoms with E-state index in [0.29, 0.717) is 17.6 Å². The highest BCUT2D eigenvalue weighted by atomic mass is 79.9. The van der Waals surface area contributed by atoms with E-state index in [1.54, 1.807) is 12.1 Å². The minimum atomic E-state index is -0.0166. The molecule has 0 heterocycles. The zero-order valence-corrected chi connectivity index (χ0v) is 14.3. The van der Waals surface area contributed by atoms with Gasteiger partial charge in [-0.3, -0.25) is 4.79 Å². The summed E-state index contributed by atoms with van der Waals surface area (Å²) in [5, 5.41) is 9.14. The summed E-state index contributed by atoms with van der Waals surface area (Å²) in [5.41, 5.74) is 1.73. The van der Waals surface area contributed by atoms with Crippen molar-refractivity contribution in [3.05, 3.63) is 58.1 Å². The maximum absolute atomic E-state index is 10.2. The highest BCUT2D eigenvalue weighted by Gasteiger charge is 2.00. The summed E-state index contributed by atoms with van der Waals surface area (Å²) in [4.78, 5) is 10.2. The first-order valence-corrected chi connectivity index (χ1v) is 7.40. The van der Waals surface area contributed by atoms with Gasteiger partial charge in [-0.25, -0.2) is 0 Å². The first-order chi connectivity index (χ1) is 10.1. The van der Waals surface area contributed by atoms with Crippen LogP contribution in [0.1, 0.15) is 29.8 Å². The topological polar surface area (TPSA) is 46.5 Å². The van der Waals surface area contributed by atoms with Crippen molar-refractivity contribution in [2.45, 2.75) is 20.8 Å². The molecule has 21 heavy (non-hydrogen) atoms. The van der Waals surface area contributed by atoms with Crippen LogP contribution in [0.3, 0.4) is 0 Å². The molecule has 0 atom stereocenters. The van der Waals surface area contributed by atoms with E-state index in [-0.39, 0.29) is 5.75 Å². The van der Waals surface area contributed by atoms with Crippen LogP contribution in [0.2, 0.25) is 0 Å². The van der Waals surface area contributed by atoms with Crippen LogP contribution in [0, 0.1) is 6.92 Å². The minimum Gasteiger partial charge on any atom is -0.504 e. The lowest BCUT2D eigenvalue weighted by Crippen LogP contribution is -1.85. The molecule has 2 rings (SSSR count). The van der Waals surface area contributed by atoms with Gasteiger partial charge in [-0.05, 0) is 37.3 Å². The summed E-state index contributed by atoms with van der Waals surface area (Å²) < 4.78 is 5.92. The molecule has 0 unspecified atom stereocenters. The number of halogens is 1. The van der Waals surface area contributed by atoms with Gasteiger partial charge in [0.05, 0.1) is 7.11 Å². The van der Waals surface area contributed by atoms with Crippen molar-refractivity contribution in [1.82, 2.24) is 0 Å². The van der Waals surface area contributed by atoms with Crippen LogP contribution in [-0.4, -0.2) is 18.5 Å². The molecule has 0 fully saturated rings. The number of benzene rings is 2. The standard InChI is InChI=1S/C8H8O3.C7H7Br.C2H6/c1-11-8-3-2-6(5-9)4-7(8)10;1-6-2-4-7(8)5-3-6;1-2/h2-5,10H,1H3;2-5H,1H3;1-2H3. The average Bonchev–Trinajstić information content (AvgIpc) is 2.52. The van der Waals surface area contributed by atoms with Crippen LogP contribution in [0.4, 0.5) is 0 Å². The van der Waals surface area contributed by atoms with Gasteiger partial charge in [-0.1, -0.05) is 47.5 Å². The van der Waals surface area contributed by atoms with Crippen LogP contribution < -0.4 is 4.74 Å². The van der Waals surface area contributed by atoms with Crippen LogP contribution >= 0.6 is 15.9 Å². The van der Waals surface area contributed by atoms with E-state index in [1.807, 2.05) is 26.0 Å². The fourth-order valence-electron chi connectivity index (χ4n) is 1.31. The Morgan fingerprint density at radius 3 is 2.05 bits per heavy atom. The Kier molecular flexibility index (Phi) is 9.98. The number of carbonyl (C=O) groups is 1. The molecule has 0 saturated heterocycles. The third kappa shape index (κ3) is 7.51. The van der Waals surface area contributed by atoms with Gasteiger partial charge in [0.25, 0.3) is 0 Å². The van der Waals surface area contributed by atoms with E-state index < -0.39 is 0 Å². The normalized spacial score (nSPS) is 8.62. The maximum atomic E-state index is 10.2. The number of hydrogen-bond donors (Lipinski definition) is 1. The van der Waals surface area contributed by atoms with Gasteiger partial charge in [-0.2, -0.15) is 0 Å². The Morgan fingerprint density at radius 1 is 1.10 bits per heavy atom. The molecule has 2 aromatic rings. The molecule has 0 aromatic heterocycles. The van der Waals surface area contributed by atoms with Crippen molar-refractivity contribution in [2.24, 2.45) is 0 Å². The van der Waals surface area contributed by atoms with E-state index >= 15 is 0 Å². The number of methoxy groups -OCH3 is 1. The fraction of sp³-hybridized carbons (Fsp3) is 0.235. The second-order valence-corrected chi connectivity index (χ2v) is 4.76. The SMILES string of the molecule is CC.COc1ccc(C=O)cc1O.Cc1ccc(Br)cc1. The number of aldehydes is 1. The molecule has 0 radical (unpaired) electrons. The molecule has 0 spiro atoms. The molecule has 0 saturated carbocycles. The Hall–Kier alpha value is -1.81. The van der Waals surface area contributed by atoms with Crippen molar-refractivity contribution in [3.8, 4) is 11.5 Å². The molecule has 2 aromatic carbocycles. The Bertz CT molecular complexity index is 515. The van der Waals surface area contributed by atoms with Crippen LogP contribution in [0.15, 0.2) is 46.9 Å². The summed E-state index contributed by atoms with van der Waals surface area (Å²) in [5.74, 6) is 0.354. The molecule has 0 aliphatic rings. The van der Waals surface area contributed by atoms with Gasteiger partial charge in [0.15, 0.2) is 11.5 Å². The van der Waals surface area contributed by atoms with Crippen LogP contribution in [-0.2, 0) is 0 Å². The molecule has 0 bridgehead atoms. The number of aromatic hydroxyl groups is 1. The quantitative estimate of drug-likeness (QED) is 0.773. The first-order valence-electron chi connectivity index (χ1n) is 6.61. The van der Waals surface area contributed by atoms with Crippen LogP contribution in [0.25, 0.3) is 0 Å². The minimum absolute atomic E-state index is 0.0166. The summed E-state index contributed by atoms with van der Waals surface area (Å²) in [6.07, 6.45) is 0.666. The van der Waals surface area contributed by atoms with E-state index in [2.05, 4.69) is 35.0 Å². The average molecular weight is 353 g/mol. The lowest BCUT2D eigenvalue weighted by atomic mass is 10.2. The molecule has 0 amide bonds. The predicted octanol–water partition coefficient (Wildman–Crippen LogP) is 5.00. The smallest absolute Gasteiger partial charge is 0.160 e. The van der Waals surface area contributed by atoms with Gasteiger partial charge < -0.3 is 9.84 Å². The van der Waals surface area contributed by atoms with Crippen molar-refractivity contribution in [2.75, 3.05) is 7.11 Å². The second kappa shape index (κ2) is 10.9. The van der Waals surface area contributed by atoms with Gasteiger partial charge in [-0.15, -0.1) is 0 Å². The molecular weight excluding hydrogens is 332 g/mol. The summed E-state index contributed by atoms with van der Waals surface area (Å²) in [6.45, 7) is 6.08. The molecular formula is C17H21BrO3. The number of ether oxygens (including phenoxy) is 1. The number of rotatable bonds is 2. The Morgan fingerprint density at radius 2 is 1.67 bits per heavy atom. The number of carbonyl (C=O) groups excluding carboxylic acids is 1. The number of phenolic OH excluding ortho intramolecular Hbond substituents is 1. The van der Waals surface area contributed by atoms with Crippen molar-refractivity contribution in [3.63, 3.8) is 0 Å². The van der Waals surface area contributed by atoms with Gasteiger partial charge in [0.1, 0.15) is 6.29 Å². The highest BCUT2D eigenvalue weighted by molar-refractivity contribution is 9.10. The zero-order valence-electron chi connectivity index (χ0n) is 12.8. The largest absolute Gasteiger partial charge is 0.504 e. The van der Waals surface area contributed by atoms with Crippen molar-refractivity contribution < 1.29 is 14.6 Å². The predicted molar refractivity (Wildman–Crippen MR) is 90.3 cm³/mol. The highest BCUT2D eigenvalue weighted by Crippen LogP contribution is 2.25. The number of phenols is 1. The second-order valence-electron chi connectivity index (χ2n) is 3.84. The van der Waals surface area contributed by atoms with Crippen LogP contribution in [0.5, 0.6) is 11.5 Å². The Labute approximate surface area is 134 Å². The third-order valence-electron chi connectivity index (χ3n) is 2.35. The number of hydrogen-bond acceptors (Lipinski definition) is 3. The molecule has 1 N–H and O–H groups in total. The third-order valence-corrected chi connectivity index (χ3v) is 2.88. The molecule has 0 aliphatic heterocycles. The van der Waals surface area contributed by atoms with Crippen molar-refractivity contribution >= 4 is 22.2 Å². The maximum Gasteiger partial charge on any atom is 0.160 e. The monoisotopic (exact) mass is 352 g/mol.